The first-order valence-corrected chi connectivity index (χ1v) is 45.7. The van der Waals surface area contributed by atoms with Crippen LogP contribution < -0.4 is 0 Å². The highest BCUT2D eigenvalue weighted by atomic mass is 16.5. The van der Waals surface area contributed by atoms with Gasteiger partial charge in [-0.25, -0.2) is 0 Å². The van der Waals surface area contributed by atoms with Gasteiger partial charge in [0.15, 0.2) is 0 Å². The molecule has 0 saturated heterocycles. The minimum atomic E-state index is -0.167. The molecule has 0 aliphatic heterocycles. The fraction of sp³-hybridized carbons (Fsp3) is 0.970. The van der Waals surface area contributed by atoms with E-state index in [1.807, 2.05) is 7.11 Å². The summed E-state index contributed by atoms with van der Waals surface area (Å²) in [5.74, 6) is 15.4. The summed E-state index contributed by atoms with van der Waals surface area (Å²) < 4.78 is 40.4. The summed E-state index contributed by atoms with van der Waals surface area (Å²) in [6, 6.07) is 0. The summed E-state index contributed by atoms with van der Waals surface area (Å²) in [4.78, 5) is 10.9. The zero-order valence-corrected chi connectivity index (χ0v) is 82.6. The zero-order chi connectivity index (χ0) is 85.6. The maximum absolute atomic E-state index is 10.9. The molecule has 0 saturated carbocycles. The Hall–Kier alpha value is -1.03. The Bertz CT molecular complexity index is 1760. The predicted molar refractivity (Wildman–Crippen MR) is 483 cm³/mol. The molecule has 0 radical (unpaired) electrons. The van der Waals surface area contributed by atoms with E-state index in [1.165, 1.54) is 83.1 Å². The van der Waals surface area contributed by atoms with Gasteiger partial charge in [0.05, 0.1) is 36.6 Å². The van der Waals surface area contributed by atoms with Crippen molar-refractivity contribution in [2.75, 3.05) is 40.1 Å². The first kappa shape index (κ1) is 122. The van der Waals surface area contributed by atoms with Gasteiger partial charge in [-0.15, -0.1) is 0 Å². The minimum Gasteiger partial charge on any atom is -0.462 e. The third kappa shape index (κ3) is 80.0. The third-order valence-electron chi connectivity index (χ3n) is 19.4. The Morgan fingerprint density at radius 2 is 0.486 bits per heavy atom. The van der Waals surface area contributed by atoms with Crippen molar-refractivity contribution in [1.82, 2.24) is 0 Å². The molecule has 0 spiro atoms. The second-order valence-electron chi connectivity index (χ2n) is 39.6. The molecular formula is C99H210O8. The smallest absolute Gasteiger partial charge is 0.302 e. The van der Waals surface area contributed by atoms with Gasteiger partial charge >= 0.3 is 5.97 Å². The maximum atomic E-state index is 10.9. The van der Waals surface area contributed by atoms with Crippen LogP contribution in [0.1, 0.15) is 408 Å². The van der Waals surface area contributed by atoms with Gasteiger partial charge < -0.3 is 33.2 Å². The minimum absolute atomic E-state index is 0.0647. The normalized spacial score (nSPS) is 16.0. The van der Waals surface area contributed by atoms with E-state index in [4.69, 9.17) is 33.2 Å². The van der Waals surface area contributed by atoms with E-state index in [0.717, 1.165) is 93.7 Å². The monoisotopic (exact) mass is 1530 g/mol. The molecule has 0 rings (SSSR count). The van der Waals surface area contributed by atoms with E-state index in [1.54, 1.807) is 0 Å². The van der Waals surface area contributed by atoms with Crippen molar-refractivity contribution in [3.8, 4) is 0 Å². The van der Waals surface area contributed by atoms with E-state index in [-0.39, 0.29) is 12.1 Å². The zero-order valence-electron chi connectivity index (χ0n) is 82.6. The van der Waals surface area contributed by atoms with E-state index in [0.29, 0.717) is 131 Å². The van der Waals surface area contributed by atoms with E-state index < -0.39 is 0 Å². The van der Waals surface area contributed by atoms with E-state index >= 15 is 0 Å². The summed E-state index contributed by atoms with van der Waals surface area (Å²) in [6.07, 6.45) is 22.1. The van der Waals surface area contributed by atoms with Crippen LogP contribution in [-0.2, 0) is 38.0 Å². The van der Waals surface area contributed by atoms with Crippen LogP contribution in [0.25, 0.3) is 0 Å². The van der Waals surface area contributed by atoms with Crippen LogP contribution in [0, 0.1) is 136 Å². The fourth-order valence-corrected chi connectivity index (χ4v) is 16.2. The van der Waals surface area contributed by atoms with Crippen LogP contribution >= 0.6 is 0 Å². The molecule has 107 heavy (non-hydrogen) atoms. The van der Waals surface area contributed by atoms with Crippen LogP contribution in [-0.4, -0.2) is 88.8 Å². The summed E-state index contributed by atoms with van der Waals surface area (Å²) in [7, 11) is 1.82. The first-order chi connectivity index (χ1) is 49.3. The molecule has 0 aromatic rings. The van der Waals surface area contributed by atoms with Gasteiger partial charge in [-0.3, -0.25) is 4.79 Å². The highest BCUT2D eigenvalue weighted by Gasteiger charge is 2.28. The number of allylic oxidation sites excluding steroid dienone is 2. The molecule has 0 aliphatic rings. The molecule has 654 valence electrons. The van der Waals surface area contributed by atoms with Crippen LogP contribution in [0.4, 0.5) is 0 Å². The van der Waals surface area contributed by atoms with Crippen molar-refractivity contribution in [3.63, 3.8) is 0 Å². The molecule has 8 nitrogen and oxygen atoms in total. The standard InChI is InChI=1S/2C14H30O.2C13H28O.C12H24O2.C12H26O.C11H24O.C10H20/c2*1-7-8-9-15-14(12(4)5)13(6)10-11(2)3;2*1-7-8-14-13(11(4)5)12(6)9-10(2)3;1-8(2)7-10(5)12(9(3)4)14-11(6)13;1-7-13-12(10(4)5)11(6)8-9(2)3;1-8(2)7-10(5)11(12-6)9(3)4;1-8(2)6-10(5)7-9(3)4/h2*11-14H,7-10H2,1-6H3;2*10-13H,7-9H2,1-6H3;8-10,12H,7H2,1-6H3;9-12H,7-8H2,1-6H3;8-11H,7H2,1-6H3;6,8-9H,7H2,1-5H3/b;;;;;;;10-6-/t13-,14+;13-,14-;12?,13-;12-,13-;10?,12-;11-,12+;10?,11-;/m1101010./s1. The second-order valence-corrected chi connectivity index (χ2v) is 39.6. The number of esters is 1. The highest BCUT2D eigenvalue weighted by molar-refractivity contribution is 5.66. The quantitative estimate of drug-likeness (QED) is 0.0339. The highest BCUT2D eigenvalue weighted by Crippen LogP contribution is 2.30. The Morgan fingerprint density at radius 1 is 0.271 bits per heavy atom. The molecule has 0 aliphatic carbocycles. The first-order valence-electron chi connectivity index (χ1n) is 45.7. The molecule has 0 fully saturated rings. The van der Waals surface area contributed by atoms with Gasteiger partial charge in [0.1, 0.15) is 6.10 Å². The Balaban J connectivity index is -0.000000175. The third-order valence-corrected chi connectivity index (χ3v) is 19.4. The van der Waals surface area contributed by atoms with E-state index in [9.17, 15) is 4.79 Å². The summed E-state index contributed by atoms with van der Waals surface area (Å²) in [6.45, 7) is 107. The Labute approximate surface area is 679 Å². The fourth-order valence-electron chi connectivity index (χ4n) is 16.2. The molecule has 3 unspecified atom stereocenters. The molecule has 8 heteroatoms. The van der Waals surface area contributed by atoms with Gasteiger partial charge in [-0.1, -0.05) is 322 Å². The average Bonchev–Trinajstić information content (AvgIpc) is 1.09. The molecule has 0 N–H and O–H groups in total. The summed E-state index contributed by atoms with van der Waals surface area (Å²) in [5, 5.41) is 0. The van der Waals surface area contributed by atoms with Gasteiger partial charge in [-0.2, -0.15) is 0 Å². The van der Waals surface area contributed by atoms with Crippen LogP contribution in [0.2, 0.25) is 0 Å². The maximum Gasteiger partial charge on any atom is 0.302 e. The number of carbonyl (C=O) groups is 1. The lowest BCUT2D eigenvalue weighted by Gasteiger charge is -2.29. The summed E-state index contributed by atoms with van der Waals surface area (Å²) in [5.41, 5.74) is 1.53. The van der Waals surface area contributed by atoms with Crippen molar-refractivity contribution < 1.29 is 38.0 Å². The van der Waals surface area contributed by atoms with Crippen molar-refractivity contribution in [2.45, 2.75) is 451 Å². The Kier molecular flexibility index (Phi) is 86.7. The van der Waals surface area contributed by atoms with Gasteiger partial charge in [0.2, 0.25) is 0 Å². The summed E-state index contributed by atoms with van der Waals surface area (Å²) >= 11 is 0. The Morgan fingerprint density at radius 3 is 0.654 bits per heavy atom. The van der Waals surface area contributed by atoms with Crippen LogP contribution in [0.5, 0.6) is 0 Å². The molecule has 0 bridgehead atoms. The lowest BCUT2D eigenvalue weighted by molar-refractivity contribution is -0.152. The second kappa shape index (κ2) is 76.3. The number of rotatable bonds is 49. The SMILES string of the molecule is C/C(=C/C(C)C)CC(C)C.CC(=O)O[C@@H](C(C)C)C(C)CC(C)C.CCCCO[C@@H](C(C)C)[C@H](C)CC(C)C.CCCCO[C@H](C(C)C)[C@H](C)CC(C)C.CCCO[C@@H](C(C)C)C(C)CC(C)C.CCCO[C@H](C(C)C)[C@H](C)CC(C)C.CCO[C@@H](C(C)C)[C@H](C)CC(C)C.CO[C@@H](C(C)C)C(C)CC(C)C. The van der Waals surface area contributed by atoms with Gasteiger partial charge in [-0.05, 0) is 227 Å². The van der Waals surface area contributed by atoms with Crippen molar-refractivity contribution in [3.05, 3.63) is 11.6 Å². The largest absolute Gasteiger partial charge is 0.462 e. The molecule has 0 heterocycles. The number of carbonyl (C=O) groups excluding carboxylic acids is 1. The van der Waals surface area contributed by atoms with Crippen molar-refractivity contribution in [2.24, 2.45) is 136 Å². The number of hydrogen-bond donors (Lipinski definition) is 0. The lowest BCUT2D eigenvalue weighted by Crippen LogP contribution is -2.30. The predicted octanol–water partition coefficient (Wildman–Crippen LogP) is 31.2. The molecule has 0 aromatic heterocycles. The van der Waals surface area contributed by atoms with Crippen molar-refractivity contribution >= 4 is 5.97 Å². The number of unbranched alkanes of at least 4 members (excludes halogenated alkanes) is 2. The molecule has 14 atom stereocenters. The molecule has 0 aromatic carbocycles. The average molecular weight is 1530 g/mol. The number of ether oxygens (including phenoxy) is 7. The number of hydrogen-bond acceptors (Lipinski definition) is 8. The van der Waals surface area contributed by atoms with E-state index in [2.05, 4.69) is 318 Å². The molecular weight excluding hydrogens is 1320 g/mol. The number of methoxy groups -OCH3 is 1. The van der Waals surface area contributed by atoms with Gasteiger partial charge in [0.25, 0.3) is 0 Å². The topological polar surface area (TPSA) is 81.7 Å². The lowest BCUT2D eigenvalue weighted by atomic mass is 9.88. The van der Waals surface area contributed by atoms with Gasteiger partial charge in [0, 0.05) is 47.1 Å². The van der Waals surface area contributed by atoms with Crippen molar-refractivity contribution in [1.29, 1.82) is 0 Å². The molecule has 0 amide bonds. The van der Waals surface area contributed by atoms with Crippen LogP contribution in [0.15, 0.2) is 11.6 Å². The van der Waals surface area contributed by atoms with Crippen LogP contribution in [0.3, 0.4) is 0 Å².